The molecule has 4 aliphatic rings. The average molecular weight is 1710 g/mol. The average Bonchev–Trinajstić information content (AvgIpc) is 1.57. The van der Waals surface area contributed by atoms with Gasteiger partial charge in [-0.25, -0.2) is 49.9 Å². The summed E-state index contributed by atoms with van der Waals surface area (Å²) in [5.74, 6) is 4.26. The molecule has 130 heavy (non-hydrogen) atoms. The Morgan fingerprint density at radius 3 is 1.25 bits per heavy atom. The predicted molar refractivity (Wildman–Crippen MR) is 492 cm³/mol. The summed E-state index contributed by atoms with van der Waals surface area (Å²) in [4.78, 5) is 49.5. The third-order valence-corrected chi connectivity index (χ3v) is 23.3. The van der Waals surface area contributed by atoms with Gasteiger partial charge in [-0.15, -0.1) is 0 Å². The number of alkyl halides is 6. The molecule has 18 nitrogen and oxygen atoms in total. The molecule has 0 radical (unpaired) electrons. The molecule has 0 unspecified atom stereocenters. The Balaban J connectivity index is 0.765. The lowest BCUT2D eigenvalue weighted by Gasteiger charge is -2.20. The minimum absolute atomic E-state index is 0.0296. The first-order chi connectivity index (χ1) is 63.2. The van der Waals surface area contributed by atoms with E-state index in [0.717, 1.165) is 22.9 Å². The molecule has 0 saturated heterocycles. The third-order valence-electron chi connectivity index (χ3n) is 23.3. The van der Waals surface area contributed by atoms with E-state index in [1.165, 1.54) is 24.3 Å². The van der Waals surface area contributed by atoms with Crippen LogP contribution in [0.1, 0.15) is 86.2 Å². The van der Waals surface area contributed by atoms with E-state index in [0.29, 0.717) is 162 Å². The third kappa shape index (κ3) is 15.3. The summed E-state index contributed by atoms with van der Waals surface area (Å²) in [5, 5.41) is 53.8. The van der Waals surface area contributed by atoms with Crippen LogP contribution in [0.25, 0.3) is 123 Å². The number of allylic oxidation sites excluding steroid dienone is 8. The minimum atomic E-state index is -4.74. The zero-order valence-electron chi connectivity index (χ0n) is 69.3. The number of benzene rings is 12. The second-order valence-electron chi connectivity index (χ2n) is 31.5. The Bertz CT molecular complexity index is 8240. The molecule has 12 aromatic carbocycles. The topological polar surface area (TPSA) is 256 Å². The van der Waals surface area contributed by atoms with Crippen molar-refractivity contribution in [1.82, 2.24) is 49.7 Å². The highest BCUT2D eigenvalue weighted by Crippen LogP contribution is 2.43. The van der Waals surface area contributed by atoms with Gasteiger partial charge in [0.05, 0.1) is 79.7 Å². The number of aryl methyl sites for hydroxylation is 3. The number of hydrogen-bond acceptors (Lipinski definition) is 16. The SMILES string of the molecule is Cc1nc(C)nc(-c2ccc3c4ccc(-c5nc(C)nc(Cc6c(C#N)cc(C#N)cc6-c6ccc7c(c6)c6cc(-c8cc(C#N)cc(C#N)c8)ccc6n7-c6ccc(=C7CC=CC=C7C(F)(F)F)c(=C7N=C(c8ccccc8)N=C(c8ccccc8)N7)c6)n5)cc4n(-c4ccc(=C5CC=CC=C5C(F)(F)F)c(=C5N=C(c6ccccc6)N=C(c6ccccc6)N5)c4)c3c2)n1. The van der Waals surface area contributed by atoms with Crippen LogP contribution < -0.4 is 31.5 Å². The maximum atomic E-state index is 15.5. The highest BCUT2D eigenvalue weighted by atomic mass is 19.4. The van der Waals surface area contributed by atoms with E-state index in [1.54, 1.807) is 75.4 Å². The molecule has 6 heterocycles. The quantitative estimate of drug-likeness (QED) is 0.108. The van der Waals surface area contributed by atoms with Gasteiger partial charge < -0.3 is 19.8 Å². The Morgan fingerprint density at radius 2 is 0.785 bits per heavy atom. The van der Waals surface area contributed by atoms with Crippen LogP contribution in [0.5, 0.6) is 0 Å². The number of nitrogens with zero attached hydrogens (tertiary/aromatic N) is 16. The maximum absolute atomic E-state index is 15.5. The molecule has 0 saturated carbocycles. The van der Waals surface area contributed by atoms with Crippen LogP contribution >= 0.6 is 0 Å². The van der Waals surface area contributed by atoms with Gasteiger partial charge in [0, 0.05) is 83.2 Å². The predicted octanol–water partition coefficient (Wildman–Crippen LogP) is 19.2. The number of aromatic nitrogens is 8. The van der Waals surface area contributed by atoms with Crippen molar-refractivity contribution < 1.29 is 26.3 Å². The van der Waals surface area contributed by atoms with Gasteiger partial charge in [0.1, 0.15) is 46.6 Å². The minimum Gasteiger partial charge on any atom is -0.324 e. The highest BCUT2D eigenvalue weighted by Gasteiger charge is 2.38. The smallest absolute Gasteiger partial charge is 0.324 e. The van der Waals surface area contributed by atoms with E-state index in [9.17, 15) is 21.0 Å². The summed E-state index contributed by atoms with van der Waals surface area (Å²) in [6.07, 6.45) is -1.23. The zero-order chi connectivity index (χ0) is 89.2. The van der Waals surface area contributed by atoms with Crippen molar-refractivity contribution in [3.8, 4) is 80.7 Å². The molecule has 0 atom stereocenters. The van der Waals surface area contributed by atoms with Gasteiger partial charge in [0.2, 0.25) is 0 Å². The van der Waals surface area contributed by atoms with E-state index < -0.39 is 23.5 Å². The van der Waals surface area contributed by atoms with Crippen LogP contribution in [-0.4, -0.2) is 74.7 Å². The van der Waals surface area contributed by atoms with Crippen molar-refractivity contribution in [2.24, 2.45) is 20.0 Å². The summed E-state index contributed by atoms with van der Waals surface area (Å²) in [7, 11) is 0. The van der Waals surface area contributed by atoms with Gasteiger partial charge in [0.25, 0.3) is 0 Å². The second kappa shape index (κ2) is 32.9. The first-order valence-corrected chi connectivity index (χ1v) is 41.4. The molecule has 2 aliphatic carbocycles. The lowest BCUT2D eigenvalue weighted by Crippen LogP contribution is -2.39. The number of halogens is 6. The monoisotopic (exact) mass is 1700 g/mol. The molecule has 4 aromatic heterocycles. The number of hydrogen-bond donors (Lipinski definition) is 2. The number of nitrogens with one attached hydrogen (secondary N) is 2. The normalized spacial score (nSPS) is 15.6. The molecule has 16 aromatic rings. The number of nitriles is 4. The highest BCUT2D eigenvalue weighted by molar-refractivity contribution is 6.18. The van der Waals surface area contributed by atoms with Gasteiger partial charge >= 0.3 is 12.4 Å². The lowest BCUT2D eigenvalue weighted by atomic mass is 9.90. The van der Waals surface area contributed by atoms with E-state index in [4.69, 9.17) is 44.9 Å². The van der Waals surface area contributed by atoms with Crippen LogP contribution in [0.2, 0.25) is 0 Å². The fourth-order valence-electron chi connectivity index (χ4n) is 17.5. The van der Waals surface area contributed by atoms with Crippen molar-refractivity contribution in [2.75, 3.05) is 0 Å². The number of fused-ring (bicyclic) bond motifs is 6. The number of amidine groups is 4. The Kier molecular flexibility index (Phi) is 20.5. The molecule has 2 N–H and O–H groups in total. The largest absolute Gasteiger partial charge is 0.416 e. The Labute approximate surface area is 738 Å². The Hall–Kier alpha value is -17.5. The molecular weight excluding hydrogens is 1640 g/mol. The summed E-state index contributed by atoms with van der Waals surface area (Å²) in [5.41, 5.74) is 9.72. The summed E-state index contributed by atoms with van der Waals surface area (Å²) >= 11 is 0. The molecule has 0 amide bonds. The van der Waals surface area contributed by atoms with Crippen LogP contribution in [-0.2, 0) is 6.42 Å². The van der Waals surface area contributed by atoms with Crippen LogP contribution in [0.4, 0.5) is 26.3 Å². The maximum Gasteiger partial charge on any atom is 0.416 e. The van der Waals surface area contributed by atoms with Crippen molar-refractivity contribution in [1.29, 1.82) is 21.0 Å². The van der Waals surface area contributed by atoms with Gasteiger partial charge in [-0.05, 0) is 174 Å². The summed E-state index contributed by atoms with van der Waals surface area (Å²) in [6, 6.07) is 88.6. The van der Waals surface area contributed by atoms with E-state index >= 15 is 26.3 Å². The van der Waals surface area contributed by atoms with Crippen LogP contribution in [0.3, 0.4) is 0 Å². The molecule has 24 heteroatoms. The molecule has 0 fully saturated rings. The fourth-order valence-corrected chi connectivity index (χ4v) is 17.5. The first kappa shape index (κ1) is 80.9. The molecule has 622 valence electrons. The van der Waals surface area contributed by atoms with E-state index in [1.807, 2.05) is 215 Å². The zero-order valence-corrected chi connectivity index (χ0v) is 69.3. The van der Waals surface area contributed by atoms with Gasteiger partial charge in [-0.1, -0.05) is 206 Å². The molecule has 0 spiro atoms. The van der Waals surface area contributed by atoms with Gasteiger partial charge in [0.15, 0.2) is 23.3 Å². The lowest BCUT2D eigenvalue weighted by molar-refractivity contribution is -0.0883. The van der Waals surface area contributed by atoms with Crippen molar-refractivity contribution in [3.05, 3.63) is 403 Å². The standard InChI is InChI=1S/C106H66F6N18/c1-60-117-61(2)120-101(119-60)72-32-38-82-83-39-33-73(52-95(83)130(94(82)51-72)77-37-41-79(81-29-17-19-31-91(81)106(110,111)112)89(54-77)104-127-99(68-24-12-6-13-25-68)124-100(128-104)69-26-14-7-15-27-69)102-121-62(3)118-96(122-102)55-85-75(59-116)47-65(58-115)48-84(85)71-35-43-93-87(50-71)86-49-70(74-45-63(56-113)44-64(46-74)57-114)34-42-92(86)129(93)76-36-40-78(80-28-16-18-30-90(80)105(107,108)109)88(53-76)103-125-97(66-20-8-4-9-21-66)123-98(126-103)67-22-10-5-11-23-67/h4-27,30-54H,28-29,55H2,1-3H3,(H,123,125,126)(H,124,127,128). The second-order valence-corrected chi connectivity index (χ2v) is 31.5. The molecular formula is C106H66F6N18. The van der Waals surface area contributed by atoms with Crippen molar-refractivity contribution in [2.45, 2.75) is 52.4 Å². The van der Waals surface area contributed by atoms with Gasteiger partial charge in [-0.3, -0.25) is 0 Å². The van der Waals surface area contributed by atoms with Crippen molar-refractivity contribution in [3.63, 3.8) is 0 Å². The van der Waals surface area contributed by atoms with Crippen molar-refractivity contribution >= 4 is 89.7 Å². The fraction of sp³-hybridized carbons (Fsp3) is 0.0755. The van der Waals surface area contributed by atoms with Crippen LogP contribution in [0.15, 0.2) is 328 Å². The van der Waals surface area contributed by atoms with E-state index in [2.05, 4.69) is 39.9 Å². The number of aliphatic imine (C=N–C) groups is 4. The number of rotatable bonds is 12. The van der Waals surface area contributed by atoms with E-state index in [-0.39, 0.29) is 86.4 Å². The van der Waals surface area contributed by atoms with Crippen LogP contribution in [0, 0.1) is 66.1 Å². The Morgan fingerprint density at radius 1 is 0.354 bits per heavy atom. The summed E-state index contributed by atoms with van der Waals surface area (Å²) in [6.45, 7) is 5.33. The molecule has 0 bridgehead atoms. The molecule has 2 aliphatic heterocycles. The first-order valence-electron chi connectivity index (χ1n) is 41.4. The summed E-state index contributed by atoms with van der Waals surface area (Å²) < 4.78 is 97.0. The molecule has 20 rings (SSSR count). The van der Waals surface area contributed by atoms with Gasteiger partial charge in [-0.2, -0.15) is 47.4 Å².